The number of nitrogens with zero attached hydrogens (tertiary/aromatic N) is 3. The van der Waals surface area contributed by atoms with E-state index in [1.54, 1.807) is 54.7 Å². The van der Waals surface area contributed by atoms with Crippen LogP contribution in [0.25, 0.3) is 0 Å². The Hall–Kier alpha value is -3.35. The largest absolute Gasteiger partial charge is 0.326 e. The number of hydrogen-bond donors (Lipinski definition) is 2. The van der Waals surface area contributed by atoms with Gasteiger partial charge in [-0.1, -0.05) is 35.5 Å². The van der Waals surface area contributed by atoms with Crippen LogP contribution in [0, 0.1) is 11.5 Å². The average molecular weight is 442 g/mol. The molecular weight excluding hydrogens is 426 g/mol. The zero-order valence-corrected chi connectivity index (χ0v) is 17.3. The van der Waals surface area contributed by atoms with Crippen molar-refractivity contribution in [2.24, 2.45) is 4.99 Å². The molecule has 3 rings (SSSR count). The van der Waals surface area contributed by atoms with Crippen molar-refractivity contribution in [2.75, 3.05) is 10.2 Å². The predicted octanol–water partition coefficient (Wildman–Crippen LogP) is 3.42. The molecule has 1 fully saturated rings. The van der Waals surface area contributed by atoms with E-state index in [4.69, 9.17) is 16.9 Å². The molecule has 10 heteroatoms. The number of benzene rings is 2. The Morgan fingerprint density at radius 3 is 2.57 bits per heavy atom. The van der Waals surface area contributed by atoms with Crippen LogP contribution in [0.1, 0.15) is 13.3 Å². The molecule has 2 N–H and O–H groups in total. The Labute approximate surface area is 181 Å². The number of nitriles is 1. The first-order chi connectivity index (χ1) is 14.4. The van der Waals surface area contributed by atoms with Gasteiger partial charge in [-0.2, -0.15) is 5.26 Å². The van der Waals surface area contributed by atoms with Crippen molar-refractivity contribution in [2.45, 2.75) is 18.6 Å². The third-order valence-corrected chi connectivity index (χ3v) is 5.43. The molecule has 0 saturated carbocycles. The number of rotatable bonds is 4. The molecule has 1 aliphatic rings. The van der Waals surface area contributed by atoms with E-state index in [-0.39, 0.29) is 23.4 Å². The maximum Gasteiger partial charge on any atom is 0.247 e. The summed E-state index contributed by atoms with van der Waals surface area (Å²) >= 11 is 7.09. The van der Waals surface area contributed by atoms with Gasteiger partial charge in [0.15, 0.2) is 11.4 Å². The van der Waals surface area contributed by atoms with Gasteiger partial charge >= 0.3 is 0 Å². The highest BCUT2D eigenvalue weighted by molar-refractivity contribution is 8.15. The summed E-state index contributed by atoms with van der Waals surface area (Å²) in [5.41, 5.74) is 1.40. The number of carbonyl (C=O) groups excluding carboxylic acids is 3. The molecule has 0 spiro atoms. The van der Waals surface area contributed by atoms with Crippen LogP contribution in [-0.4, -0.2) is 28.1 Å². The van der Waals surface area contributed by atoms with E-state index in [0.717, 1.165) is 16.7 Å². The van der Waals surface area contributed by atoms with Crippen LogP contribution >= 0.6 is 23.4 Å². The molecular formula is C20H16ClN5O3S. The van der Waals surface area contributed by atoms with Crippen LogP contribution in [0.4, 0.5) is 17.1 Å². The Morgan fingerprint density at radius 1 is 1.23 bits per heavy atom. The molecule has 1 heterocycles. The van der Waals surface area contributed by atoms with Crippen molar-refractivity contribution >= 4 is 63.3 Å². The van der Waals surface area contributed by atoms with Gasteiger partial charge in [0.25, 0.3) is 0 Å². The quantitative estimate of drug-likeness (QED) is 0.247. The number of anilines is 2. The smallest absolute Gasteiger partial charge is 0.247 e. The number of carbonyl (C=O) groups is 3. The molecule has 1 aliphatic heterocycles. The molecule has 0 bridgehead atoms. The van der Waals surface area contributed by atoms with E-state index >= 15 is 0 Å². The number of amides is 3. The van der Waals surface area contributed by atoms with Crippen molar-refractivity contribution in [1.29, 1.82) is 5.26 Å². The van der Waals surface area contributed by atoms with Gasteiger partial charge in [0.1, 0.15) is 5.25 Å². The molecule has 1 saturated heterocycles. The van der Waals surface area contributed by atoms with Crippen molar-refractivity contribution in [3.8, 4) is 6.19 Å². The number of nitrogens with one attached hydrogen (secondary N) is 2. The number of amidine groups is 1. The van der Waals surface area contributed by atoms with Crippen LogP contribution in [-0.2, 0) is 14.4 Å². The minimum atomic E-state index is -0.741. The molecule has 2 aromatic rings. The molecule has 0 aliphatic carbocycles. The summed E-state index contributed by atoms with van der Waals surface area (Å²) in [6.07, 6.45) is 1.75. The second kappa shape index (κ2) is 9.43. The second-order valence-electron chi connectivity index (χ2n) is 6.21. The number of hydrogen-bond acceptors (Lipinski definition) is 6. The predicted molar refractivity (Wildman–Crippen MR) is 117 cm³/mol. The van der Waals surface area contributed by atoms with Crippen LogP contribution in [0.3, 0.4) is 0 Å². The van der Waals surface area contributed by atoms with Crippen molar-refractivity contribution < 1.29 is 14.4 Å². The lowest BCUT2D eigenvalue weighted by molar-refractivity contribution is -0.121. The van der Waals surface area contributed by atoms with Gasteiger partial charge in [0.05, 0.1) is 16.4 Å². The molecule has 0 radical (unpaired) electrons. The fourth-order valence-corrected chi connectivity index (χ4v) is 3.92. The lowest BCUT2D eigenvalue weighted by Crippen LogP contribution is -2.32. The Bertz CT molecular complexity index is 1060. The van der Waals surface area contributed by atoms with Crippen molar-refractivity contribution in [3.63, 3.8) is 0 Å². The van der Waals surface area contributed by atoms with Crippen LogP contribution in [0.15, 0.2) is 53.5 Å². The minimum absolute atomic E-state index is 0.0361. The summed E-state index contributed by atoms with van der Waals surface area (Å²) in [5, 5.41) is 13.9. The van der Waals surface area contributed by atoms with Gasteiger partial charge in [-0.3, -0.25) is 19.7 Å². The number of halogens is 1. The van der Waals surface area contributed by atoms with Gasteiger partial charge in [-0.25, -0.2) is 9.89 Å². The number of aliphatic imine (C=N–C) groups is 1. The van der Waals surface area contributed by atoms with Gasteiger partial charge in [0.2, 0.25) is 17.7 Å². The lowest BCUT2D eigenvalue weighted by Gasteiger charge is -2.15. The van der Waals surface area contributed by atoms with E-state index in [1.807, 2.05) is 0 Å². The standard InChI is InChI=1S/C20H16ClN5O3S/c1-12(27)24-13-6-8-14(9-7-13)26-18(28)10-17(19(26)29)30-20(23-11-22)25-16-5-3-2-4-15(16)21/h2-9,17H,10H2,1H3,(H,23,25)(H,24,27)/t17-/m1/s1. The van der Waals surface area contributed by atoms with E-state index in [0.29, 0.717) is 22.1 Å². The minimum Gasteiger partial charge on any atom is -0.326 e. The summed E-state index contributed by atoms with van der Waals surface area (Å²) in [4.78, 5) is 41.9. The molecule has 1 atom stereocenters. The maximum atomic E-state index is 12.9. The first-order valence-electron chi connectivity index (χ1n) is 8.78. The molecule has 8 nitrogen and oxygen atoms in total. The summed E-state index contributed by atoms with van der Waals surface area (Å²) < 4.78 is 0. The van der Waals surface area contributed by atoms with E-state index in [1.165, 1.54) is 6.92 Å². The van der Waals surface area contributed by atoms with Crippen LogP contribution in [0.2, 0.25) is 5.02 Å². The summed E-state index contributed by atoms with van der Waals surface area (Å²) in [5.74, 6) is -0.995. The van der Waals surface area contributed by atoms with Crippen molar-refractivity contribution in [1.82, 2.24) is 5.32 Å². The Balaban J connectivity index is 1.78. The molecule has 0 aromatic heterocycles. The highest BCUT2D eigenvalue weighted by Gasteiger charge is 2.40. The molecule has 152 valence electrons. The third kappa shape index (κ3) is 4.97. The van der Waals surface area contributed by atoms with Crippen molar-refractivity contribution in [3.05, 3.63) is 53.6 Å². The zero-order valence-electron chi connectivity index (χ0n) is 15.8. The average Bonchev–Trinajstić information content (AvgIpc) is 2.97. The number of imide groups is 1. The first-order valence-corrected chi connectivity index (χ1v) is 10.0. The maximum absolute atomic E-state index is 12.9. The van der Waals surface area contributed by atoms with Crippen LogP contribution < -0.4 is 15.5 Å². The van der Waals surface area contributed by atoms with E-state index in [2.05, 4.69) is 15.6 Å². The molecule has 0 unspecified atom stereocenters. The fourth-order valence-electron chi connectivity index (χ4n) is 2.78. The zero-order chi connectivity index (χ0) is 21.7. The molecule has 30 heavy (non-hydrogen) atoms. The highest BCUT2D eigenvalue weighted by atomic mass is 35.5. The summed E-state index contributed by atoms with van der Waals surface area (Å²) in [6.45, 7) is 1.39. The van der Waals surface area contributed by atoms with Gasteiger partial charge in [0, 0.05) is 19.0 Å². The summed E-state index contributed by atoms with van der Waals surface area (Å²) in [6, 6.07) is 13.2. The lowest BCUT2D eigenvalue weighted by atomic mass is 10.2. The number of thioether (sulfide) groups is 1. The van der Waals surface area contributed by atoms with Gasteiger partial charge in [-0.05, 0) is 36.4 Å². The SMILES string of the molecule is CC(=O)Nc1ccc(N2C(=O)C[C@@H](SC(=Nc3ccccc3Cl)NC#N)C2=O)cc1. The fraction of sp³-hybridized carbons (Fsp3) is 0.150. The highest BCUT2D eigenvalue weighted by Crippen LogP contribution is 2.32. The van der Waals surface area contributed by atoms with Crippen LogP contribution in [0.5, 0.6) is 0 Å². The third-order valence-electron chi connectivity index (χ3n) is 4.04. The normalized spacial score (nSPS) is 16.4. The van der Waals surface area contributed by atoms with E-state index < -0.39 is 11.2 Å². The van der Waals surface area contributed by atoms with Gasteiger partial charge < -0.3 is 5.32 Å². The monoisotopic (exact) mass is 441 g/mol. The first kappa shape index (κ1) is 21.4. The second-order valence-corrected chi connectivity index (χ2v) is 7.81. The topological polar surface area (TPSA) is 115 Å². The van der Waals surface area contributed by atoms with E-state index in [9.17, 15) is 14.4 Å². The number of para-hydroxylation sites is 1. The summed E-state index contributed by atoms with van der Waals surface area (Å²) in [7, 11) is 0. The van der Waals surface area contributed by atoms with Gasteiger partial charge in [-0.15, -0.1) is 0 Å². The molecule has 3 amide bonds. The Kier molecular flexibility index (Phi) is 6.72. The molecule has 2 aromatic carbocycles. The Morgan fingerprint density at radius 2 is 1.93 bits per heavy atom.